The van der Waals surface area contributed by atoms with Gasteiger partial charge in [-0.25, -0.2) is 9.59 Å². The summed E-state index contributed by atoms with van der Waals surface area (Å²) in [7, 11) is 0. The Hall–Kier alpha value is -3.65. The predicted molar refractivity (Wildman–Crippen MR) is 137 cm³/mol. The zero-order valence-corrected chi connectivity index (χ0v) is 20.9. The van der Waals surface area contributed by atoms with Crippen molar-refractivity contribution in [1.82, 2.24) is 4.90 Å². The summed E-state index contributed by atoms with van der Waals surface area (Å²) in [6.07, 6.45) is -0.701. The van der Waals surface area contributed by atoms with Crippen LogP contribution in [0.1, 0.15) is 41.3 Å². The van der Waals surface area contributed by atoms with Gasteiger partial charge in [-0.1, -0.05) is 64.5 Å². The lowest BCUT2D eigenvalue weighted by Gasteiger charge is -2.26. The van der Waals surface area contributed by atoms with Gasteiger partial charge in [-0.3, -0.25) is 10.1 Å². The number of carboxylic acids is 1. The lowest BCUT2D eigenvalue weighted by Crippen LogP contribution is -2.43. The van der Waals surface area contributed by atoms with Gasteiger partial charge in [-0.2, -0.15) is 0 Å². The van der Waals surface area contributed by atoms with Gasteiger partial charge < -0.3 is 14.7 Å². The fourth-order valence-electron chi connectivity index (χ4n) is 4.43. The van der Waals surface area contributed by atoms with Crippen LogP contribution >= 0.6 is 15.9 Å². The Morgan fingerprint density at radius 3 is 2.20 bits per heavy atom. The molecule has 0 saturated heterocycles. The minimum Gasteiger partial charge on any atom is -0.480 e. The number of hydrogen-bond donors (Lipinski definition) is 2. The highest BCUT2D eigenvalue weighted by Gasteiger charge is 2.30. The molecule has 35 heavy (non-hydrogen) atoms. The van der Waals surface area contributed by atoms with E-state index in [0.717, 1.165) is 22.3 Å². The summed E-state index contributed by atoms with van der Waals surface area (Å²) in [5.41, 5.74) is 4.87. The molecule has 0 fully saturated rings. The molecule has 8 heteroatoms. The van der Waals surface area contributed by atoms with E-state index in [1.165, 1.54) is 11.8 Å². The highest BCUT2D eigenvalue weighted by molar-refractivity contribution is 9.10. The zero-order valence-electron chi connectivity index (χ0n) is 19.3. The third-order valence-corrected chi connectivity index (χ3v) is 6.71. The summed E-state index contributed by atoms with van der Waals surface area (Å²) < 4.78 is 6.26. The summed E-state index contributed by atoms with van der Waals surface area (Å²) >= 11 is 3.36. The molecule has 1 aliphatic rings. The molecule has 3 aromatic rings. The molecule has 0 radical (unpaired) electrons. The third kappa shape index (κ3) is 4.93. The summed E-state index contributed by atoms with van der Waals surface area (Å²) in [4.78, 5) is 38.6. The van der Waals surface area contributed by atoms with E-state index in [1.54, 1.807) is 25.1 Å². The average molecular weight is 537 g/mol. The highest BCUT2D eigenvalue weighted by atomic mass is 79.9. The predicted octanol–water partition coefficient (Wildman–Crippen LogP) is 5.75. The monoisotopic (exact) mass is 536 g/mol. The van der Waals surface area contributed by atoms with Gasteiger partial charge in [0.15, 0.2) is 0 Å². The van der Waals surface area contributed by atoms with Crippen LogP contribution in [0.2, 0.25) is 0 Å². The normalized spacial score (nSPS) is 12.9. The van der Waals surface area contributed by atoms with E-state index in [0.29, 0.717) is 4.47 Å². The summed E-state index contributed by atoms with van der Waals surface area (Å²) in [6.45, 7) is 3.48. The Morgan fingerprint density at radius 2 is 1.63 bits per heavy atom. The van der Waals surface area contributed by atoms with Crippen molar-refractivity contribution < 1.29 is 24.2 Å². The van der Waals surface area contributed by atoms with Gasteiger partial charge in [-0.15, -0.1) is 0 Å². The minimum atomic E-state index is -1.11. The Labute approximate surface area is 211 Å². The molecule has 3 aromatic carbocycles. The first kappa shape index (κ1) is 24.5. The smallest absolute Gasteiger partial charge is 0.411 e. The van der Waals surface area contributed by atoms with Gasteiger partial charge in [0.1, 0.15) is 12.6 Å². The lowest BCUT2D eigenvalue weighted by molar-refractivity contribution is -0.141. The van der Waals surface area contributed by atoms with Crippen LogP contribution in [-0.2, 0) is 9.53 Å². The molecule has 0 bridgehead atoms. The number of anilines is 1. The molecule has 0 aliphatic heterocycles. The summed E-state index contributed by atoms with van der Waals surface area (Å²) in [5, 5.41) is 12.0. The second-order valence-corrected chi connectivity index (χ2v) is 9.16. The molecule has 0 saturated carbocycles. The van der Waals surface area contributed by atoms with Crippen molar-refractivity contribution >= 4 is 39.6 Å². The van der Waals surface area contributed by atoms with E-state index in [4.69, 9.17) is 4.74 Å². The van der Waals surface area contributed by atoms with Crippen LogP contribution in [0.3, 0.4) is 0 Å². The first-order chi connectivity index (χ1) is 16.8. The topological polar surface area (TPSA) is 95.9 Å². The number of amides is 2. The molecule has 0 aromatic heterocycles. The maximum absolute atomic E-state index is 13.1. The van der Waals surface area contributed by atoms with E-state index in [-0.39, 0.29) is 30.3 Å². The van der Waals surface area contributed by atoms with Gasteiger partial charge in [0.2, 0.25) is 0 Å². The largest absolute Gasteiger partial charge is 0.480 e. The molecule has 1 unspecified atom stereocenters. The van der Waals surface area contributed by atoms with E-state index in [1.807, 2.05) is 36.4 Å². The molecular weight excluding hydrogens is 512 g/mol. The van der Waals surface area contributed by atoms with Crippen LogP contribution in [0.4, 0.5) is 10.5 Å². The number of likely N-dealkylation sites (N-methyl/N-ethyl adjacent to an activating group) is 1. The number of carboxylic acid groups (broad SMARTS) is 1. The molecular formula is C27H25BrN2O5. The number of ether oxygens (including phenoxy) is 1. The van der Waals surface area contributed by atoms with Crippen LogP contribution in [0.5, 0.6) is 0 Å². The number of carbonyl (C=O) groups is 3. The van der Waals surface area contributed by atoms with Crippen molar-refractivity contribution in [2.45, 2.75) is 25.8 Å². The van der Waals surface area contributed by atoms with Gasteiger partial charge in [0, 0.05) is 16.9 Å². The van der Waals surface area contributed by atoms with Crippen LogP contribution in [0.15, 0.2) is 71.2 Å². The minimum absolute atomic E-state index is 0.0937. The molecule has 1 aliphatic carbocycles. The van der Waals surface area contributed by atoms with Crippen molar-refractivity contribution in [1.29, 1.82) is 0 Å². The lowest BCUT2D eigenvalue weighted by atomic mass is 9.98. The van der Waals surface area contributed by atoms with Crippen molar-refractivity contribution in [2.75, 3.05) is 18.5 Å². The third-order valence-electron chi connectivity index (χ3n) is 6.22. The van der Waals surface area contributed by atoms with E-state index in [2.05, 4.69) is 33.4 Å². The Balaban J connectivity index is 1.52. The molecule has 7 nitrogen and oxygen atoms in total. The quantitative estimate of drug-likeness (QED) is 0.401. The van der Waals surface area contributed by atoms with Crippen LogP contribution in [0.25, 0.3) is 11.1 Å². The van der Waals surface area contributed by atoms with E-state index >= 15 is 0 Å². The first-order valence-corrected chi connectivity index (χ1v) is 12.1. The maximum atomic E-state index is 13.1. The van der Waals surface area contributed by atoms with Gasteiger partial charge in [-0.05, 0) is 54.3 Å². The van der Waals surface area contributed by atoms with Crippen molar-refractivity contribution in [3.63, 3.8) is 0 Å². The standard InChI is InChI=1S/C27H25BrN2O5/c1-3-30(16(2)26(32)33)25(31)22-13-12-17(28)14-24(22)29-27(34)35-15-23-20-10-6-4-8-18(20)19-9-5-7-11-21(19)23/h4-14,16,23H,3,15H2,1-2H3,(H,29,34)(H,32,33). The molecule has 0 spiro atoms. The highest BCUT2D eigenvalue weighted by Crippen LogP contribution is 2.44. The van der Waals surface area contributed by atoms with Crippen molar-refractivity contribution in [2.24, 2.45) is 0 Å². The molecule has 0 heterocycles. The number of nitrogens with one attached hydrogen (secondary N) is 1. The molecule has 180 valence electrons. The number of hydrogen-bond acceptors (Lipinski definition) is 4. The van der Waals surface area contributed by atoms with Gasteiger partial charge in [0.05, 0.1) is 11.3 Å². The molecule has 2 N–H and O–H groups in total. The fraction of sp³-hybridized carbons (Fsp3) is 0.222. The zero-order chi connectivity index (χ0) is 25.1. The van der Waals surface area contributed by atoms with Crippen molar-refractivity contribution in [3.8, 4) is 11.1 Å². The van der Waals surface area contributed by atoms with Crippen LogP contribution < -0.4 is 5.32 Å². The average Bonchev–Trinajstić information content (AvgIpc) is 3.17. The van der Waals surface area contributed by atoms with Gasteiger partial charge in [0.25, 0.3) is 5.91 Å². The van der Waals surface area contributed by atoms with Crippen LogP contribution in [0, 0.1) is 0 Å². The molecule has 1 atom stereocenters. The molecule has 2 amide bonds. The summed E-state index contributed by atoms with van der Waals surface area (Å²) in [5.74, 6) is -1.70. The number of nitrogens with zero attached hydrogens (tertiary/aromatic N) is 1. The van der Waals surface area contributed by atoms with Crippen LogP contribution in [-0.4, -0.2) is 47.2 Å². The maximum Gasteiger partial charge on any atom is 0.411 e. The Kier molecular flexibility index (Phi) is 7.21. The second-order valence-electron chi connectivity index (χ2n) is 8.25. The van der Waals surface area contributed by atoms with E-state index in [9.17, 15) is 19.5 Å². The number of aliphatic carboxylic acids is 1. The summed E-state index contributed by atoms with van der Waals surface area (Å²) in [6, 6.07) is 19.9. The number of benzene rings is 3. The Morgan fingerprint density at radius 1 is 1.03 bits per heavy atom. The number of fused-ring (bicyclic) bond motifs is 3. The number of rotatable bonds is 7. The first-order valence-electron chi connectivity index (χ1n) is 11.3. The van der Waals surface area contributed by atoms with Crippen molar-refractivity contribution in [3.05, 3.63) is 87.9 Å². The SMILES string of the molecule is CCN(C(=O)c1ccc(Br)cc1NC(=O)OCC1c2ccccc2-c2ccccc21)C(C)C(=O)O. The molecule has 4 rings (SSSR count). The Bertz CT molecular complexity index is 1250. The number of carbonyl (C=O) groups excluding carboxylic acids is 2. The van der Waals surface area contributed by atoms with Gasteiger partial charge >= 0.3 is 12.1 Å². The number of halogens is 1. The van der Waals surface area contributed by atoms with E-state index < -0.39 is 24.0 Å². The fourth-order valence-corrected chi connectivity index (χ4v) is 4.79. The second kappa shape index (κ2) is 10.3.